The molecule has 5 heteroatoms. The molecule has 22 heavy (non-hydrogen) atoms. The van der Waals surface area contributed by atoms with E-state index < -0.39 is 0 Å². The van der Waals surface area contributed by atoms with Gasteiger partial charge < -0.3 is 4.90 Å². The van der Waals surface area contributed by atoms with Crippen LogP contribution in [-0.4, -0.2) is 29.2 Å². The summed E-state index contributed by atoms with van der Waals surface area (Å²) in [5, 5.41) is 15.6. The first-order valence-corrected chi connectivity index (χ1v) is 7.02. The second-order valence-corrected chi connectivity index (χ2v) is 5.16. The first-order chi connectivity index (χ1) is 10.7. The highest BCUT2D eigenvalue weighted by molar-refractivity contribution is 5.61. The van der Waals surface area contributed by atoms with Gasteiger partial charge in [-0.25, -0.2) is 0 Å². The van der Waals surface area contributed by atoms with E-state index in [1.807, 2.05) is 79.8 Å². The molecule has 0 unspecified atom stereocenters. The number of H-pyrrole nitrogens is 1. The molecule has 0 spiro atoms. The molecule has 1 N–H and O–H groups in total. The number of allylic oxidation sites excluding steroid dienone is 3. The lowest BCUT2D eigenvalue weighted by Crippen LogP contribution is -2.02. The SMILES string of the molecule is CN(C)C=C1C=CC=C1N=Nc1cc(-c2ccccc2)[nH]n1. The van der Waals surface area contributed by atoms with Crippen molar-refractivity contribution in [3.8, 4) is 11.3 Å². The highest BCUT2D eigenvalue weighted by Crippen LogP contribution is 2.24. The zero-order valence-electron chi connectivity index (χ0n) is 12.6. The average molecular weight is 291 g/mol. The number of aromatic amines is 1. The molecular formula is C17H17N5. The van der Waals surface area contributed by atoms with Gasteiger partial charge in [-0.3, -0.25) is 5.10 Å². The number of nitrogens with zero attached hydrogens (tertiary/aromatic N) is 4. The highest BCUT2D eigenvalue weighted by Gasteiger charge is 2.07. The summed E-state index contributed by atoms with van der Waals surface area (Å²) in [5.74, 6) is 0.566. The van der Waals surface area contributed by atoms with Gasteiger partial charge in [0.25, 0.3) is 0 Å². The molecule has 0 saturated carbocycles. The lowest BCUT2D eigenvalue weighted by atomic mass is 10.2. The summed E-state index contributed by atoms with van der Waals surface area (Å²) in [5.41, 5.74) is 3.87. The molecule has 0 aliphatic heterocycles. The Labute approximate surface area is 129 Å². The minimum Gasteiger partial charge on any atom is -0.383 e. The van der Waals surface area contributed by atoms with Crippen LogP contribution in [0.1, 0.15) is 0 Å². The number of hydrogen-bond donors (Lipinski definition) is 1. The Morgan fingerprint density at radius 3 is 2.73 bits per heavy atom. The molecule has 110 valence electrons. The van der Waals surface area contributed by atoms with Crippen molar-refractivity contribution in [3.05, 3.63) is 72.1 Å². The standard InChI is InChI=1S/C17H17N5/c1-22(2)12-14-9-6-10-15(14)18-20-17-11-16(19-21-17)13-7-4-3-5-8-13/h3-12H,1-2H3,(H,19,21). The Hall–Kier alpha value is -2.95. The Balaban J connectivity index is 1.76. The molecule has 0 radical (unpaired) electrons. The van der Waals surface area contributed by atoms with Crippen LogP contribution in [0.2, 0.25) is 0 Å². The van der Waals surface area contributed by atoms with E-state index in [2.05, 4.69) is 20.4 Å². The van der Waals surface area contributed by atoms with Crippen LogP contribution in [0.4, 0.5) is 5.82 Å². The smallest absolute Gasteiger partial charge is 0.196 e. The van der Waals surface area contributed by atoms with Crippen LogP contribution in [0, 0.1) is 0 Å². The van der Waals surface area contributed by atoms with E-state index in [4.69, 9.17) is 0 Å². The number of nitrogens with one attached hydrogen (secondary N) is 1. The Bertz CT molecular complexity index is 763. The van der Waals surface area contributed by atoms with Gasteiger partial charge in [0.05, 0.1) is 11.4 Å². The van der Waals surface area contributed by atoms with Gasteiger partial charge >= 0.3 is 0 Å². The van der Waals surface area contributed by atoms with E-state index in [0.717, 1.165) is 22.5 Å². The third-order valence-corrected chi connectivity index (χ3v) is 3.13. The highest BCUT2D eigenvalue weighted by atomic mass is 15.2. The molecule has 1 aromatic heterocycles. The minimum absolute atomic E-state index is 0.566. The molecule has 1 aliphatic carbocycles. The van der Waals surface area contributed by atoms with Crippen molar-refractivity contribution in [1.82, 2.24) is 15.1 Å². The largest absolute Gasteiger partial charge is 0.383 e. The summed E-state index contributed by atoms with van der Waals surface area (Å²) in [6, 6.07) is 11.9. The molecule has 2 aromatic rings. The normalized spacial score (nSPS) is 15.7. The van der Waals surface area contributed by atoms with Gasteiger partial charge in [-0.15, -0.1) is 10.2 Å². The number of hydrogen-bond acceptors (Lipinski definition) is 4. The summed E-state index contributed by atoms with van der Waals surface area (Å²) >= 11 is 0. The number of azo groups is 1. The maximum atomic E-state index is 4.28. The lowest BCUT2D eigenvalue weighted by Gasteiger charge is -2.06. The van der Waals surface area contributed by atoms with Gasteiger partial charge in [0.1, 0.15) is 0 Å². The van der Waals surface area contributed by atoms with Gasteiger partial charge in [0, 0.05) is 31.9 Å². The second kappa shape index (κ2) is 6.22. The first-order valence-electron chi connectivity index (χ1n) is 7.02. The summed E-state index contributed by atoms with van der Waals surface area (Å²) in [6.07, 6.45) is 7.91. The summed E-state index contributed by atoms with van der Waals surface area (Å²) in [7, 11) is 3.96. The summed E-state index contributed by atoms with van der Waals surface area (Å²) in [6.45, 7) is 0. The molecule has 0 bridgehead atoms. The summed E-state index contributed by atoms with van der Waals surface area (Å²) in [4.78, 5) is 1.98. The van der Waals surface area contributed by atoms with Crippen LogP contribution in [0.15, 0.2) is 82.3 Å². The fourth-order valence-electron chi connectivity index (χ4n) is 2.14. The molecule has 3 rings (SSSR count). The molecule has 1 aliphatic rings. The van der Waals surface area contributed by atoms with Crippen LogP contribution in [0.3, 0.4) is 0 Å². The molecule has 0 atom stereocenters. The number of aromatic nitrogens is 2. The summed E-state index contributed by atoms with van der Waals surface area (Å²) < 4.78 is 0. The fourth-order valence-corrected chi connectivity index (χ4v) is 2.14. The maximum Gasteiger partial charge on any atom is 0.196 e. The number of rotatable bonds is 4. The minimum atomic E-state index is 0.566. The topological polar surface area (TPSA) is 56.6 Å². The van der Waals surface area contributed by atoms with Crippen molar-refractivity contribution in [2.24, 2.45) is 10.2 Å². The van der Waals surface area contributed by atoms with Gasteiger partial charge in [-0.2, -0.15) is 5.10 Å². The first kappa shape index (κ1) is 14.0. The molecular weight excluding hydrogens is 274 g/mol. The van der Waals surface area contributed by atoms with E-state index in [1.54, 1.807) is 0 Å². The Morgan fingerprint density at radius 2 is 1.95 bits per heavy atom. The molecule has 1 heterocycles. The molecule has 0 fully saturated rings. The maximum absolute atomic E-state index is 4.28. The quantitative estimate of drug-likeness (QED) is 0.864. The van der Waals surface area contributed by atoms with Crippen LogP contribution in [0.25, 0.3) is 11.3 Å². The van der Waals surface area contributed by atoms with E-state index in [0.29, 0.717) is 5.82 Å². The van der Waals surface area contributed by atoms with Gasteiger partial charge in [0.2, 0.25) is 0 Å². The van der Waals surface area contributed by atoms with Crippen molar-refractivity contribution in [1.29, 1.82) is 0 Å². The van der Waals surface area contributed by atoms with Crippen LogP contribution in [0.5, 0.6) is 0 Å². The van der Waals surface area contributed by atoms with Crippen LogP contribution in [-0.2, 0) is 0 Å². The molecule has 0 saturated heterocycles. The predicted molar refractivity (Wildman–Crippen MR) is 87.5 cm³/mol. The third kappa shape index (κ3) is 3.20. The van der Waals surface area contributed by atoms with Crippen molar-refractivity contribution in [2.75, 3.05) is 14.1 Å². The third-order valence-electron chi connectivity index (χ3n) is 3.13. The van der Waals surface area contributed by atoms with Crippen molar-refractivity contribution in [3.63, 3.8) is 0 Å². The van der Waals surface area contributed by atoms with Crippen molar-refractivity contribution >= 4 is 5.82 Å². The van der Waals surface area contributed by atoms with E-state index in [-0.39, 0.29) is 0 Å². The molecule has 5 nitrogen and oxygen atoms in total. The predicted octanol–water partition coefficient (Wildman–Crippen LogP) is 4.06. The van der Waals surface area contributed by atoms with E-state index in [9.17, 15) is 0 Å². The zero-order chi connectivity index (χ0) is 15.4. The monoisotopic (exact) mass is 291 g/mol. The van der Waals surface area contributed by atoms with E-state index in [1.165, 1.54) is 0 Å². The van der Waals surface area contributed by atoms with Gasteiger partial charge in [-0.1, -0.05) is 42.5 Å². The van der Waals surface area contributed by atoms with Crippen LogP contribution >= 0.6 is 0 Å². The van der Waals surface area contributed by atoms with Crippen molar-refractivity contribution in [2.45, 2.75) is 0 Å². The van der Waals surface area contributed by atoms with Crippen LogP contribution < -0.4 is 0 Å². The lowest BCUT2D eigenvalue weighted by molar-refractivity contribution is 0.560. The Kier molecular flexibility index (Phi) is 3.96. The Morgan fingerprint density at radius 1 is 1.14 bits per heavy atom. The van der Waals surface area contributed by atoms with Crippen molar-refractivity contribution < 1.29 is 0 Å². The zero-order valence-corrected chi connectivity index (χ0v) is 12.6. The van der Waals surface area contributed by atoms with Gasteiger partial charge in [0.15, 0.2) is 5.82 Å². The van der Waals surface area contributed by atoms with E-state index >= 15 is 0 Å². The molecule has 1 aromatic carbocycles. The average Bonchev–Trinajstić information content (AvgIpc) is 3.15. The van der Waals surface area contributed by atoms with Gasteiger partial charge in [-0.05, 0) is 11.6 Å². The molecule has 0 amide bonds. The second-order valence-electron chi connectivity index (χ2n) is 5.16. The number of benzene rings is 1. The fraction of sp³-hybridized carbons (Fsp3) is 0.118.